The van der Waals surface area contributed by atoms with Gasteiger partial charge in [-0.2, -0.15) is 0 Å². The standard InChI is InChI=1S/C9H7FN2O2/c10-8-4-3-7(2-1-5-11)9(6-8)12(13)14/h3-4,6H,5,11H2. The maximum absolute atomic E-state index is 12.7. The molecule has 0 bridgehead atoms. The first-order valence-electron chi connectivity index (χ1n) is 3.78. The van der Waals surface area contributed by atoms with Crippen LogP contribution in [0.2, 0.25) is 0 Å². The summed E-state index contributed by atoms with van der Waals surface area (Å²) in [5.74, 6) is 4.31. The van der Waals surface area contributed by atoms with Crippen LogP contribution in [0.1, 0.15) is 5.56 Å². The van der Waals surface area contributed by atoms with E-state index in [-0.39, 0.29) is 17.8 Å². The van der Waals surface area contributed by atoms with Crippen molar-refractivity contribution in [2.24, 2.45) is 5.73 Å². The van der Waals surface area contributed by atoms with Crippen molar-refractivity contribution in [3.8, 4) is 11.8 Å². The highest BCUT2D eigenvalue weighted by molar-refractivity contribution is 5.51. The maximum atomic E-state index is 12.7. The van der Waals surface area contributed by atoms with Gasteiger partial charge in [-0.1, -0.05) is 11.8 Å². The van der Waals surface area contributed by atoms with Crippen molar-refractivity contribution in [2.75, 3.05) is 6.54 Å². The van der Waals surface area contributed by atoms with Crippen LogP contribution in [0.3, 0.4) is 0 Å². The summed E-state index contributed by atoms with van der Waals surface area (Å²) >= 11 is 0. The molecule has 4 nitrogen and oxygen atoms in total. The van der Waals surface area contributed by atoms with E-state index in [0.717, 1.165) is 12.1 Å². The number of hydrogen-bond donors (Lipinski definition) is 1. The molecule has 72 valence electrons. The molecule has 5 heteroatoms. The molecule has 0 aromatic heterocycles. The van der Waals surface area contributed by atoms with E-state index < -0.39 is 10.7 Å². The fourth-order valence-corrected chi connectivity index (χ4v) is 0.908. The summed E-state index contributed by atoms with van der Waals surface area (Å²) in [5.41, 5.74) is 4.94. The van der Waals surface area contributed by atoms with Gasteiger partial charge in [-0.3, -0.25) is 10.1 Å². The number of rotatable bonds is 1. The average molecular weight is 194 g/mol. The second-order valence-corrected chi connectivity index (χ2v) is 2.42. The van der Waals surface area contributed by atoms with Crippen LogP contribution in [-0.2, 0) is 0 Å². The van der Waals surface area contributed by atoms with E-state index in [9.17, 15) is 14.5 Å². The summed E-state index contributed by atoms with van der Waals surface area (Å²) < 4.78 is 12.7. The molecule has 1 aromatic rings. The van der Waals surface area contributed by atoms with Gasteiger partial charge in [0.2, 0.25) is 0 Å². The SMILES string of the molecule is NCC#Cc1ccc(F)cc1[N+](=O)[O-]. The van der Waals surface area contributed by atoms with Crippen LogP contribution < -0.4 is 5.73 Å². The molecule has 0 aliphatic carbocycles. The Morgan fingerprint density at radius 2 is 2.29 bits per heavy atom. The van der Waals surface area contributed by atoms with Crippen molar-refractivity contribution in [1.82, 2.24) is 0 Å². The molecule has 0 amide bonds. The Hall–Kier alpha value is -1.93. The van der Waals surface area contributed by atoms with Gasteiger partial charge >= 0.3 is 0 Å². The largest absolute Gasteiger partial charge is 0.320 e. The van der Waals surface area contributed by atoms with E-state index in [4.69, 9.17) is 5.73 Å². The second-order valence-electron chi connectivity index (χ2n) is 2.42. The van der Waals surface area contributed by atoms with Crippen molar-refractivity contribution in [2.45, 2.75) is 0 Å². The third kappa shape index (κ3) is 2.28. The molecule has 0 heterocycles. The monoisotopic (exact) mass is 194 g/mol. The van der Waals surface area contributed by atoms with Gasteiger partial charge in [-0.05, 0) is 12.1 Å². The maximum Gasteiger partial charge on any atom is 0.287 e. The summed E-state index contributed by atoms with van der Waals surface area (Å²) in [7, 11) is 0. The molecular weight excluding hydrogens is 187 g/mol. The molecule has 0 saturated heterocycles. The zero-order valence-electron chi connectivity index (χ0n) is 7.16. The van der Waals surface area contributed by atoms with Gasteiger partial charge in [-0.25, -0.2) is 4.39 Å². The van der Waals surface area contributed by atoms with Crippen molar-refractivity contribution in [3.05, 3.63) is 39.7 Å². The zero-order chi connectivity index (χ0) is 10.6. The molecule has 0 aliphatic rings. The third-order valence-electron chi connectivity index (χ3n) is 1.48. The molecule has 1 aromatic carbocycles. The number of nitro benzene ring substituents is 1. The lowest BCUT2D eigenvalue weighted by Gasteiger charge is -1.94. The molecule has 2 N–H and O–H groups in total. The number of nitrogens with two attached hydrogens (primary N) is 1. The summed E-state index contributed by atoms with van der Waals surface area (Å²) in [4.78, 5) is 9.80. The zero-order valence-corrected chi connectivity index (χ0v) is 7.16. The highest BCUT2D eigenvalue weighted by atomic mass is 19.1. The van der Waals surface area contributed by atoms with Crippen LogP contribution >= 0.6 is 0 Å². The number of nitrogens with zero attached hydrogens (tertiary/aromatic N) is 1. The lowest BCUT2D eigenvalue weighted by molar-refractivity contribution is -0.385. The van der Waals surface area contributed by atoms with Crippen LogP contribution in [0, 0.1) is 27.8 Å². The molecular formula is C9H7FN2O2. The van der Waals surface area contributed by atoms with E-state index in [2.05, 4.69) is 11.8 Å². The summed E-state index contributed by atoms with van der Waals surface area (Å²) in [6, 6.07) is 3.21. The van der Waals surface area contributed by atoms with Gasteiger partial charge in [0.25, 0.3) is 5.69 Å². The highest BCUT2D eigenvalue weighted by Gasteiger charge is 2.12. The number of halogens is 1. The second kappa shape index (κ2) is 4.35. The van der Waals surface area contributed by atoms with Crippen LogP contribution in [0.4, 0.5) is 10.1 Å². The van der Waals surface area contributed by atoms with Crippen molar-refractivity contribution >= 4 is 5.69 Å². The number of benzene rings is 1. The van der Waals surface area contributed by atoms with E-state index in [1.807, 2.05) is 0 Å². The van der Waals surface area contributed by atoms with E-state index >= 15 is 0 Å². The molecule has 0 unspecified atom stereocenters. The molecule has 0 atom stereocenters. The van der Waals surface area contributed by atoms with Crippen molar-refractivity contribution < 1.29 is 9.31 Å². The molecule has 0 fully saturated rings. The van der Waals surface area contributed by atoms with E-state index in [1.165, 1.54) is 6.07 Å². The lowest BCUT2D eigenvalue weighted by atomic mass is 10.2. The van der Waals surface area contributed by atoms with Gasteiger partial charge in [0.1, 0.15) is 11.4 Å². The predicted molar refractivity (Wildman–Crippen MR) is 49.0 cm³/mol. The normalized spacial score (nSPS) is 9.00. The summed E-state index contributed by atoms with van der Waals surface area (Å²) in [5, 5.41) is 10.5. The molecule has 0 spiro atoms. The Bertz CT molecular complexity index is 421. The van der Waals surface area contributed by atoms with Crippen LogP contribution in [0.25, 0.3) is 0 Å². The summed E-state index contributed by atoms with van der Waals surface area (Å²) in [6.45, 7) is 0.106. The van der Waals surface area contributed by atoms with Crippen LogP contribution in [0.5, 0.6) is 0 Å². The average Bonchev–Trinajstić information content (AvgIpc) is 2.15. The smallest absolute Gasteiger partial charge is 0.287 e. The Kier molecular flexibility index (Phi) is 3.15. The fourth-order valence-electron chi connectivity index (χ4n) is 0.908. The Morgan fingerprint density at radius 1 is 1.57 bits per heavy atom. The van der Waals surface area contributed by atoms with E-state index in [1.54, 1.807) is 0 Å². The van der Waals surface area contributed by atoms with Gasteiger partial charge in [0.15, 0.2) is 0 Å². The Morgan fingerprint density at radius 3 is 2.86 bits per heavy atom. The topological polar surface area (TPSA) is 69.2 Å². The first-order chi connectivity index (χ1) is 6.65. The number of hydrogen-bond acceptors (Lipinski definition) is 3. The molecule has 14 heavy (non-hydrogen) atoms. The molecule has 1 rings (SSSR count). The van der Waals surface area contributed by atoms with Gasteiger partial charge in [-0.15, -0.1) is 0 Å². The Balaban J connectivity index is 3.22. The molecule has 0 radical (unpaired) electrons. The predicted octanol–water partition coefficient (Wildman–Crippen LogP) is 1.04. The lowest BCUT2D eigenvalue weighted by Crippen LogP contribution is -1.95. The first-order valence-corrected chi connectivity index (χ1v) is 3.78. The first kappa shape index (κ1) is 10.2. The minimum Gasteiger partial charge on any atom is -0.320 e. The minimum absolute atomic E-state index is 0.106. The number of nitro groups is 1. The Labute approximate surface area is 79.7 Å². The fraction of sp³-hybridized carbons (Fsp3) is 0.111. The van der Waals surface area contributed by atoms with Crippen molar-refractivity contribution in [1.29, 1.82) is 0 Å². The van der Waals surface area contributed by atoms with Gasteiger partial charge in [0.05, 0.1) is 17.5 Å². The third-order valence-corrected chi connectivity index (χ3v) is 1.48. The van der Waals surface area contributed by atoms with Gasteiger partial charge in [0, 0.05) is 0 Å². The van der Waals surface area contributed by atoms with Crippen LogP contribution in [-0.4, -0.2) is 11.5 Å². The molecule has 0 aliphatic heterocycles. The van der Waals surface area contributed by atoms with E-state index in [0.29, 0.717) is 0 Å². The molecule has 0 saturated carbocycles. The summed E-state index contributed by atoms with van der Waals surface area (Å²) in [6.07, 6.45) is 0. The van der Waals surface area contributed by atoms with Crippen molar-refractivity contribution in [3.63, 3.8) is 0 Å². The van der Waals surface area contributed by atoms with Gasteiger partial charge < -0.3 is 5.73 Å². The van der Waals surface area contributed by atoms with Crippen LogP contribution in [0.15, 0.2) is 18.2 Å². The highest BCUT2D eigenvalue weighted by Crippen LogP contribution is 2.18. The minimum atomic E-state index is -0.677. The quantitative estimate of drug-likeness (QED) is 0.412.